The van der Waals surface area contributed by atoms with Crippen LogP contribution in [0.2, 0.25) is 0 Å². The maximum absolute atomic E-state index is 5.16. The lowest BCUT2D eigenvalue weighted by atomic mass is 9.93. The van der Waals surface area contributed by atoms with Gasteiger partial charge in [-0.1, -0.05) is 27.7 Å². The highest BCUT2D eigenvalue weighted by Crippen LogP contribution is 2.27. The Balaban J connectivity index is 1.49. The van der Waals surface area contributed by atoms with Crippen molar-refractivity contribution in [1.29, 1.82) is 0 Å². The van der Waals surface area contributed by atoms with E-state index in [1.165, 1.54) is 0 Å². The van der Waals surface area contributed by atoms with E-state index < -0.39 is 0 Å². The molecule has 4 aromatic heterocycles. The summed E-state index contributed by atoms with van der Waals surface area (Å²) in [5.41, 5.74) is 3.64. The normalized spacial score (nSPS) is 13.0. The van der Waals surface area contributed by atoms with Crippen molar-refractivity contribution in [2.24, 2.45) is 0 Å². The fourth-order valence-corrected chi connectivity index (χ4v) is 3.94. The van der Waals surface area contributed by atoms with Crippen LogP contribution >= 0.6 is 0 Å². The standard InChI is InChI=1S/C27H35N9O/c1-17(2)22-14-25(35(5)6)33-26(31-22)21-11-13-36(34-21)24-15-23(29-16-30-24)19(4)9-8-18(3)20-10-12-28-27(32-20)37-7/h10-19H,8-9H2,1-7H3. The molecule has 0 aliphatic carbocycles. The molecule has 4 aromatic rings. The Kier molecular flexibility index (Phi) is 8.05. The molecule has 4 rings (SSSR count). The van der Waals surface area contributed by atoms with Gasteiger partial charge in [-0.15, -0.1) is 0 Å². The third-order valence-electron chi connectivity index (χ3n) is 6.39. The van der Waals surface area contributed by atoms with E-state index in [0.29, 0.717) is 23.3 Å². The summed E-state index contributed by atoms with van der Waals surface area (Å²) < 4.78 is 6.91. The van der Waals surface area contributed by atoms with Crippen molar-refractivity contribution in [3.63, 3.8) is 0 Å². The van der Waals surface area contributed by atoms with Gasteiger partial charge in [-0.05, 0) is 42.7 Å². The van der Waals surface area contributed by atoms with E-state index in [2.05, 4.69) is 47.6 Å². The van der Waals surface area contributed by atoms with Crippen molar-refractivity contribution >= 4 is 5.82 Å². The van der Waals surface area contributed by atoms with Crippen LogP contribution in [0.4, 0.5) is 5.82 Å². The molecule has 10 heteroatoms. The average Bonchev–Trinajstić information content (AvgIpc) is 3.42. The zero-order valence-corrected chi connectivity index (χ0v) is 22.6. The van der Waals surface area contributed by atoms with Gasteiger partial charge < -0.3 is 9.64 Å². The zero-order valence-electron chi connectivity index (χ0n) is 22.6. The van der Waals surface area contributed by atoms with Crippen LogP contribution in [0.3, 0.4) is 0 Å². The maximum Gasteiger partial charge on any atom is 0.316 e. The van der Waals surface area contributed by atoms with Gasteiger partial charge >= 0.3 is 6.01 Å². The highest BCUT2D eigenvalue weighted by Gasteiger charge is 2.16. The highest BCUT2D eigenvalue weighted by molar-refractivity contribution is 5.54. The largest absolute Gasteiger partial charge is 0.467 e. The lowest BCUT2D eigenvalue weighted by Crippen LogP contribution is -2.13. The molecular formula is C27H35N9O. The summed E-state index contributed by atoms with van der Waals surface area (Å²) in [4.78, 5) is 29.0. The van der Waals surface area contributed by atoms with E-state index in [9.17, 15) is 0 Å². The molecule has 0 aromatic carbocycles. The average molecular weight is 502 g/mol. The molecule has 194 valence electrons. The van der Waals surface area contributed by atoms with Gasteiger partial charge in [0.15, 0.2) is 11.6 Å². The Labute approximate surface area is 218 Å². The van der Waals surface area contributed by atoms with Gasteiger partial charge in [0.05, 0.1) is 12.8 Å². The van der Waals surface area contributed by atoms with E-state index in [-0.39, 0.29) is 17.8 Å². The van der Waals surface area contributed by atoms with Crippen LogP contribution in [0.15, 0.2) is 43.0 Å². The van der Waals surface area contributed by atoms with Crippen LogP contribution in [-0.4, -0.2) is 60.9 Å². The number of aromatic nitrogens is 8. The quantitative estimate of drug-likeness (QED) is 0.303. The van der Waals surface area contributed by atoms with Crippen molar-refractivity contribution < 1.29 is 4.74 Å². The minimum absolute atomic E-state index is 0.247. The van der Waals surface area contributed by atoms with Gasteiger partial charge in [0.2, 0.25) is 0 Å². The molecule has 0 aliphatic heterocycles. The number of hydrogen-bond acceptors (Lipinski definition) is 9. The molecular weight excluding hydrogens is 466 g/mol. The molecule has 0 radical (unpaired) electrons. The van der Waals surface area contributed by atoms with Crippen molar-refractivity contribution in [1.82, 2.24) is 39.7 Å². The molecule has 0 saturated carbocycles. The van der Waals surface area contributed by atoms with E-state index in [1.54, 1.807) is 24.3 Å². The molecule has 0 aliphatic rings. The topological polar surface area (TPSA) is 108 Å². The predicted octanol–water partition coefficient (Wildman–Crippen LogP) is 4.79. The Morgan fingerprint density at radius 2 is 1.62 bits per heavy atom. The molecule has 0 amide bonds. The molecule has 0 N–H and O–H groups in total. The molecule has 2 atom stereocenters. The third kappa shape index (κ3) is 6.25. The van der Waals surface area contributed by atoms with Crippen LogP contribution < -0.4 is 9.64 Å². The fraction of sp³-hybridized carbons (Fsp3) is 0.444. The summed E-state index contributed by atoms with van der Waals surface area (Å²) in [6.07, 6.45) is 7.14. The predicted molar refractivity (Wildman–Crippen MR) is 143 cm³/mol. The molecule has 0 fully saturated rings. The van der Waals surface area contributed by atoms with Crippen LogP contribution in [0.5, 0.6) is 6.01 Å². The second-order valence-corrected chi connectivity index (χ2v) is 9.82. The first kappa shape index (κ1) is 26.1. The Morgan fingerprint density at radius 3 is 2.32 bits per heavy atom. The highest BCUT2D eigenvalue weighted by atomic mass is 16.5. The first-order valence-electron chi connectivity index (χ1n) is 12.6. The number of hydrogen-bond donors (Lipinski definition) is 0. The van der Waals surface area contributed by atoms with E-state index in [0.717, 1.165) is 35.7 Å². The molecule has 4 heterocycles. The van der Waals surface area contributed by atoms with E-state index in [4.69, 9.17) is 19.8 Å². The van der Waals surface area contributed by atoms with Crippen LogP contribution in [0.1, 0.15) is 75.4 Å². The van der Waals surface area contributed by atoms with Crippen molar-refractivity contribution in [2.45, 2.75) is 58.3 Å². The minimum Gasteiger partial charge on any atom is -0.467 e. The number of nitrogens with zero attached hydrogens (tertiary/aromatic N) is 9. The SMILES string of the molecule is COc1nccc(C(C)CCC(C)c2cc(-n3ccc(-c4nc(C(C)C)cc(N(C)C)n4)n3)ncn2)n1. The Morgan fingerprint density at radius 1 is 0.865 bits per heavy atom. The first-order valence-corrected chi connectivity index (χ1v) is 12.6. The summed E-state index contributed by atoms with van der Waals surface area (Å²) in [6.45, 7) is 8.60. The van der Waals surface area contributed by atoms with Gasteiger partial charge in [0.1, 0.15) is 17.8 Å². The fourth-order valence-electron chi connectivity index (χ4n) is 3.94. The smallest absolute Gasteiger partial charge is 0.316 e. The van der Waals surface area contributed by atoms with Crippen molar-refractivity contribution in [3.05, 3.63) is 60.1 Å². The Hall–Kier alpha value is -3.95. The Bertz CT molecular complexity index is 1310. The van der Waals surface area contributed by atoms with Gasteiger partial charge in [0.25, 0.3) is 0 Å². The lowest BCUT2D eigenvalue weighted by Gasteiger charge is -2.16. The number of methoxy groups -OCH3 is 1. The van der Waals surface area contributed by atoms with Gasteiger partial charge in [-0.25, -0.2) is 34.6 Å². The van der Waals surface area contributed by atoms with Crippen molar-refractivity contribution in [2.75, 3.05) is 26.1 Å². The third-order valence-corrected chi connectivity index (χ3v) is 6.39. The molecule has 0 spiro atoms. The minimum atomic E-state index is 0.247. The summed E-state index contributed by atoms with van der Waals surface area (Å²) in [7, 11) is 5.53. The zero-order chi connectivity index (χ0) is 26.5. The van der Waals surface area contributed by atoms with Gasteiger partial charge in [0, 0.05) is 50.0 Å². The number of rotatable bonds is 10. The van der Waals surface area contributed by atoms with Gasteiger partial charge in [-0.2, -0.15) is 5.10 Å². The molecule has 0 saturated heterocycles. The van der Waals surface area contributed by atoms with Crippen LogP contribution in [0.25, 0.3) is 17.3 Å². The summed E-state index contributed by atoms with van der Waals surface area (Å²) in [5, 5.41) is 4.74. The second-order valence-electron chi connectivity index (χ2n) is 9.82. The molecule has 0 bridgehead atoms. The first-order chi connectivity index (χ1) is 17.7. The van der Waals surface area contributed by atoms with Crippen LogP contribution in [0, 0.1) is 0 Å². The van der Waals surface area contributed by atoms with E-state index >= 15 is 0 Å². The number of anilines is 1. The van der Waals surface area contributed by atoms with Crippen LogP contribution in [-0.2, 0) is 0 Å². The molecule has 2 unspecified atom stereocenters. The molecule has 10 nitrogen and oxygen atoms in total. The van der Waals surface area contributed by atoms with Crippen molar-refractivity contribution in [3.8, 4) is 23.3 Å². The number of ether oxygens (including phenoxy) is 1. The monoisotopic (exact) mass is 501 g/mol. The maximum atomic E-state index is 5.16. The van der Waals surface area contributed by atoms with Gasteiger partial charge in [-0.3, -0.25) is 0 Å². The molecule has 37 heavy (non-hydrogen) atoms. The van der Waals surface area contributed by atoms with E-state index in [1.807, 2.05) is 49.5 Å². The summed E-state index contributed by atoms with van der Waals surface area (Å²) >= 11 is 0. The second kappa shape index (κ2) is 11.4. The summed E-state index contributed by atoms with van der Waals surface area (Å²) in [6, 6.07) is 8.28. The lowest BCUT2D eigenvalue weighted by molar-refractivity contribution is 0.376. The summed E-state index contributed by atoms with van der Waals surface area (Å²) in [5.74, 6) is 2.99.